The number of quaternary nitrogens is 1. The molecule has 0 aromatic carbocycles. The minimum atomic E-state index is -1.53. The second-order valence-corrected chi connectivity index (χ2v) is 23.7. The van der Waals surface area contributed by atoms with Gasteiger partial charge in [0.15, 0.2) is 6.10 Å². The van der Waals surface area contributed by atoms with E-state index in [0.29, 0.717) is 23.9 Å². The van der Waals surface area contributed by atoms with Crippen LogP contribution in [0, 0.1) is 0 Å². The van der Waals surface area contributed by atoms with Crippen molar-refractivity contribution in [2.45, 2.75) is 270 Å². The summed E-state index contributed by atoms with van der Waals surface area (Å²) in [7, 11) is 5.96. The molecule has 0 saturated carbocycles. The lowest BCUT2D eigenvalue weighted by Gasteiger charge is -2.25. The molecule has 0 aromatic rings. The largest absolute Gasteiger partial charge is 0.477 e. The Morgan fingerprint density at radius 1 is 0.345 bits per heavy atom. The number of rotatable bonds is 62. The molecule has 0 aromatic heterocycles. The van der Waals surface area contributed by atoms with E-state index in [4.69, 9.17) is 18.9 Å². The molecule has 492 valence electrons. The van der Waals surface area contributed by atoms with Crippen LogP contribution in [0.15, 0.2) is 158 Å². The summed E-state index contributed by atoms with van der Waals surface area (Å²) >= 11 is 0. The summed E-state index contributed by atoms with van der Waals surface area (Å²) in [5, 5.41) is 9.74. The van der Waals surface area contributed by atoms with Gasteiger partial charge in [-0.05, 0) is 122 Å². The van der Waals surface area contributed by atoms with Gasteiger partial charge in [-0.3, -0.25) is 9.59 Å². The van der Waals surface area contributed by atoms with E-state index >= 15 is 0 Å². The molecular formula is C78H128NO8+. The van der Waals surface area contributed by atoms with E-state index in [1.165, 1.54) is 89.9 Å². The van der Waals surface area contributed by atoms with Crippen molar-refractivity contribution in [2.75, 3.05) is 47.5 Å². The second-order valence-electron chi connectivity index (χ2n) is 23.7. The molecule has 1 N–H and O–H groups in total. The molecule has 0 aliphatic heterocycles. The summed E-state index contributed by atoms with van der Waals surface area (Å²) in [6.45, 7) is 4.61. The Balaban J connectivity index is 4.14. The number of ether oxygens (including phenoxy) is 4. The van der Waals surface area contributed by atoms with Gasteiger partial charge in [0.2, 0.25) is 0 Å². The highest BCUT2D eigenvalue weighted by atomic mass is 16.7. The van der Waals surface area contributed by atoms with E-state index in [9.17, 15) is 19.5 Å². The lowest BCUT2D eigenvalue weighted by Crippen LogP contribution is -2.40. The molecule has 0 saturated heterocycles. The van der Waals surface area contributed by atoms with E-state index in [-0.39, 0.29) is 38.6 Å². The third-order valence-corrected chi connectivity index (χ3v) is 14.3. The Hall–Kier alpha value is -5.09. The van der Waals surface area contributed by atoms with Crippen LogP contribution in [-0.4, -0.2) is 87.4 Å². The van der Waals surface area contributed by atoms with Gasteiger partial charge in [0.1, 0.15) is 13.2 Å². The molecule has 87 heavy (non-hydrogen) atoms. The molecule has 9 heteroatoms. The van der Waals surface area contributed by atoms with Crippen LogP contribution in [0.1, 0.15) is 258 Å². The highest BCUT2D eigenvalue weighted by Crippen LogP contribution is 2.16. The fourth-order valence-corrected chi connectivity index (χ4v) is 9.06. The summed E-state index contributed by atoms with van der Waals surface area (Å²) in [6, 6.07) is 0. The third-order valence-electron chi connectivity index (χ3n) is 14.3. The quantitative estimate of drug-likeness (QED) is 0.0211. The van der Waals surface area contributed by atoms with Crippen LogP contribution in [0.25, 0.3) is 0 Å². The fraction of sp³-hybridized carbons (Fsp3) is 0.628. The van der Waals surface area contributed by atoms with Crippen LogP contribution < -0.4 is 0 Å². The third kappa shape index (κ3) is 68.3. The molecule has 0 bridgehead atoms. The van der Waals surface area contributed by atoms with Crippen molar-refractivity contribution in [1.29, 1.82) is 0 Å². The fourth-order valence-electron chi connectivity index (χ4n) is 9.06. The molecular weight excluding hydrogens is 1080 g/mol. The lowest BCUT2D eigenvalue weighted by atomic mass is 10.0. The monoisotopic (exact) mass is 1210 g/mol. The first-order valence-corrected chi connectivity index (χ1v) is 34.6. The van der Waals surface area contributed by atoms with Crippen molar-refractivity contribution in [3.05, 3.63) is 158 Å². The maximum Gasteiger partial charge on any atom is 0.361 e. The number of hydrogen-bond donors (Lipinski definition) is 1. The Kier molecular flexibility index (Phi) is 62.9. The van der Waals surface area contributed by atoms with Crippen molar-refractivity contribution in [3.63, 3.8) is 0 Å². The average Bonchev–Trinajstić information content (AvgIpc) is 3.55. The van der Waals surface area contributed by atoms with Gasteiger partial charge in [-0.1, -0.05) is 281 Å². The zero-order valence-corrected chi connectivity index (χ0v) is 56.1. The van der Waals surface area contributed by atoms with Crippen molar-refractivity contribution in [1.82, 2.24) is 0 Å². The molecule has 0 rings (SSSR count). The Bertz CT molecular complexity index is 1990. The molecule has 2 atom stereocenters. The van der Waals surface area contributed by atoms with Gasteiger partial charge < -0.3 is 28.5 Å². The molecule has 9 nitrogen and oxygen atoms in total. The molecule has 0 radical (unpaired) electrons. The van der Waals surface area contributed by atoms with Crippen molar-refractivity contribution < 1.29 is 42.9 Å². The lowest BCUT2D eigenvalue weighted by molar-refractivity contribution is -0.870. The highest BCUT2D eigenvalue weighted by molar-refractivity contribution is 5.71. The van der Waals surface area contributed by atoms with E-state index in [1.54, 1.807) is 0 Å². The zero-order chi connectivity index (χ0) is 63.3. The second kappa shape index (κ2) is 66.9. The molecule has 0 amide bonds. The Morgan fingerprint density at radius 3 is 0.920 bits per heavy atom. The van der Waals surface area contributed by atoms with Gasteiger partial charge in [0.05, 0.1) is 34.4 Å². The Labute approximate surface area is 534 Å². The molecule has 2 unspecified atom stereocenters. The molecule has 0 aliphatic rings. The van der Waals surface area contributed by atoms with E-state index in [0.717, 1.165) is 128 Å². The van der Waals surface area contributed by atoms with Gasteiger partial charge in [0.25, 0.3) is 6.29 Å². The van der Waals surface area contributed by atoms with Crippen LogP contribution in [0.2, 0.25) is 0 Å². The number of carboxylic acid groups (broad SMARTS) is 1. The summed E-state index contributed by atoms with van der Waals surface area (Å²) in [6.07, 6.45) is 96.4. The minimum absolute atomic E-state index is 0.176. The van der Waals surface area contributed by atoms with Crippen molar-refractivity contribution >= 4 is 17.9 Å². The number of nitrogens with zero attached hydrogens (tertiary/aromatic N) is 1. The van der Waals surface area contributed by atoms with E-state index in [1.807, 2.05) is 21.1 Å². The molecule has 0 heterocycles. The summed E-state index contributed by atoms with van der Waals surface area (Å²) in [4.78, 5) is 37.6. The minimum Gasteiger partial charge on any atom is -0.477 e. The van der Waals surface area contributed by atoms with E-state index < -0.39 is 24.3 Å². The number of allylic oxidation sites excluding steroid dienone is 26. The number of likely N-dealkylation sites (N-methyl/N-ethyl adjacent to an activating group) is 1. The first kappa shape index (κ1) is 81.9. The average molecular weight is 1210 g/mol. The van der Waals surface area contributed by atoms with Gasteiger partial charge in [-0.2, -0.15) is 0 Å². The maximum absolute atomic E-state index is 12.9. The predicted octanol–water partition coefficient (Wildman–Crippen LogP) is 21.7. The van der Waals surface area contributed by atoms with Gasteiger partial charge in [-0.25, -0.2) is 4.79 Å². The summed E-state index contributed by atoms with van der Waals surface area (Å²) in [5.41, 5.74) is 0. The number of unbranched alkanes of at least 4 members (excludes halogenated alkanes) is 21. The standard InChI is InChI=1S/C78H127NO8/c1-6-8-10-12-14-16-18-20-22-24-26-28-30-31-32-33-34-35-36-37-38-39-40-41-42-43-44-45-47-49-51-53-55-57-59-61-63-65-67-69-76(81)87-74(73-86-78(77(82)83)84-71-70-79(3,4)5)72-85-75(80)68-66-64-62-60-58-56-54-52-50-48-46-29-27-25-23-21-19-17-15-13-11-9-7-2/h8-11,14-17,20-23,26-29,31-32,34-35,37-38,48,50,54,56,74,78H,6-7,12-13,18-19,24-25,30,33,36,39-47,49,51-53,55,57-73H2,1-5H3/p+1/b10-8-,11-9-,16-14-,17-15-,22-20-,23-21-,28-26-,29-27-,32-31-,35-34-,38-37-,50-48-,56-54-. The molecule has 0 spiro atoms. The normalized spacial score (nSPS) is 13.7. The number of carbonyl (C=O) groups excluding carboxylic acids is 2. The first-order chi connectivity index (χ1) is 42.6. The van der Waals surface area contributed by atoms with Crippen LogP contribution in [0.4, 0.5) is 0 Å². The number of carboxylic acids is 1. The van der Waals surface area contributed by atoms with Crippen LogP contribution in [0.5, 0.6) is 0 Å². The number of hydrogen-bond acceptors (Lipinski definition) is 7. The van der Waals surface area contributed by atoms with Crippen LogP contribution >= 0.6 is 0 Å². The smallest absolute Gasteiger partial charge is 0.361 e. The van der Waals surface area contributed by atoms with E-state index in [2.05, 4.69) is 172 Å². The van der Waals surface area contributed by atoms with Crippen LogP contribution in [-0.2, 0) is 33.3 Å². The van der Waals surface area contributed by atoms with Gasteiger partial charge in [0, 0.05) is 12.8 Å². The highest BCUT2D eigenvalue weighted by Gasteiger charge is 2.25. The van der Waals surface area contributed by atoms with Crippen LogP contribution in [0.3, 0.4) is 0 Å². The number of carbonyl (C=O) groups is 3. The topological polar surface area (TPSA) is 108 Å². The predicted molar refractivity (Wildman–Crippen MR) is 373 cm³/mol. The van der Waals surface area contributed by atoms with Crippen molar-refractivity contribution in [2.24, 2.45) is 0 Å². The van der Waals surface area contributed by atoms with Gasteiger partial charge >= 0.3 is 17.9 Å². The molecule has 0 fully saturated rings. The zero-order valence-electron chi connectivity index (χ0n) is 56.1. The SMILES string of the molecule is CC/C=C\C/C=C\C/C=C\C/C=C\C/C=C\C/C=C\C/C=C\CCCCCCCCCCCCCCCCCCCC(=O)OC(COC(=O)CCCCCC/C=C\C/C=C\C/C=C\C/C=C\C/C=C\C/C=C\CC)COC(OCC[N+](C)(C)C)C(=O)O. The van der Waals surface area contributed by atoms with Crippen molar-refractivity contribution in [3.8, 4) is 0 Å². The van der Waals surface area contributed by atoms with Gasteiger partial charge in [-0.15, -0.1) is 0 Å². The first-order valence-electron chi connectivity index (χ1n) is 34.6. The maximum atomic E-state index is 12.9. The summed E-state index contributed by atoms with van der Waals surface area (Å²) < 4.78 is 22.9. The Morgan fingerprint density at radius 2 is 0.621 bits per heavy atom. The summed E-state index contributed by atoms with van der Waals surface area (Å²) in [5.74, 6) is -2.05. The molecule has 0 aliphatic carbocycles. The number of aliphatic carboxylic acids is 1. The number of esters is 2.